The van der Waals surface area contributed by atoms with E-state index in [4.69, 9.17) is 9.47 Å². The first-order valence-electron chi connectivity index (χ1n) is 8.82. The Morgan fingerprint density at radius 3 is 2.77 bits per heavy atom. The minimum atomic E-state index is -0.245. The fourth-order valence-electron chi connectivity index (χ4n) is 3.17. The van der Waals surface area contributed by atoms with Crippen LogP contribution in [0.5, 0.6) is 11.5 Å². The summed E-state index contributed by atoms with van der Waals surface area (Å²) >= 11 is 0. The monoisotopic (exact) mass is 358 g/mol. The summed E-state index contributed by atoms with van der Waals surface area (Å²) in [6, 6.07) is 5.27. The maximum Gasteiger partial charge on any atom is 0.275 e. The molecule has 0 saturated heterocycles. The molecule has 1 aromatic carbocycles. The van der Waals surface area contributed by atoms with Crippen LogP contribution in [0.1, 0.15) is 30.2 Å². The average Bonchev–Trinajstić information content (AvgIpc) is 3.05. The maximum atomic E-state index is 12.6. The molecule has 1 aromatic heterocycles. The van der Waals surface area contributed by atoms with E-state index in [1.54, 1.807) is 32.4 Å². The number of carbonyl (C=O) groups is 1. The van der Waals surface area contributed by atoms with Gasteiger partial charge < -0.3 is 19.4 Å². The predicted molar refractivity (Wildman–Crippen MR) is 99.8 cm³/mol. The molecule has 1 aliphatic heterocycles. The van der Waals surface area contributed by atoms with Gasteiger partial charge in [0, 0.05) is 31.9 Å². The molecule has 7 heteroatoms. The lowest BCUT2D eigenvalue weighted by Crippen LogP contribution is -2.35. The van der Waals surface area contributed by atoms with Gasteiger partial charge in [0.1, 0.15) is 23.0 Å². The van der Waals surface area contributed by atoms with E-state index >= 15 is 0 Å². The number of imidazole rings is 1. The quantitative estimate of drug-likeness (QED) is 0.860. The lowest BCUT2D eigenvalue weighted by atomic mass is 10.2. The summed E-state index contributed by atoms with van der Waals surface area (Å²) in [7, 11) is 3.15. The number of hydrogen-bond acceptors (Lipinski definition) is 5. The third-order valence-corrected chi connectivity index (χ3v) is 4.39. The lowest BCUT2D eigenvalue weighted by Gasteiger charge is -2.28. The van der Waals surface area contributed by atoms with E-state index in [0.717, 1.165) is 32.0 Å². The van der Waals surface area contributed by atoms with Gasteiger partial charge in [-0.3, -0.25) is 9.69 Å². The number of amides is 1. The molecule has 1 amide bonds. The number of anilines is 1. The van der Waals surface area contributed by atoms with Crippen LogP contribution < -0.4 is 14.8 Å². The van der Waals surface area contributed by atoms with E-state index in [-0.39, 0.29) is 5.91 Å². The molecule has 0 saturated carbocycles. The van der Waals surface area contributed by atoms with Crippen molar-refractivity contribution in [3.63, 3.8) is 0 Å². The van der Waals surface area contributed by atoms with Crippen LogP contribution in [0.2, 0.25) is 0 Å². The molecule has 7 nitrogen and oxygen atoms in total. The molecule has 0 bridgehead atoms. The Balaban J connectivity index is 1.73. The molecule has 140 valence electrons. The molecule has 0 atom stereocenters. The topological polar surface area (TPSA) is 68.6 Å². The van der Waals surface area contributed by atoms with Crippen molar-refractivity contribution in [2.24, 2.45) is 5.92 Å². The molecule has 2 heterocycles. The minimum Gasteiger partial charge on any atom is -0.497 e. The van der Waals surface area contributed by atoms with Crippen LogP contribution in [-0.2, 0) is 13.1 Å². The first-order chi connectivity index (χ1) is 12.5. The lowest BCUT2D eigenvalue weighted by molar-refractivity contribution is 0.102. The molecule has 0 aliphatic carbocycles. The van der Waals surface area contributed by atoms with Gasteiger partial charge >= 0.3 is 0 Å². The Hall–Kier alpha value is -2.54. The standard InChI is InChI=1S/C19H26N4O3/c1-13(2)10-22-7-8-23-11-16(20-18(23)12-22)19(24)21-15-6-5-14(25-3)9-17(15)26-4/h5-6,9,11,13H,7-8,10,12H2,1-4H3,(H,21,24). The molecule has 0 spiro atoms. The highest BCUT2D eigenvalue weighted by atomic mass is 16.5. The number of carbonyl (C=O) groups excluding carboxylic acids is 1. The zero-order chi connectivity index (χ0) is 18.7. The van der Waals surface area contributed by atoms with Crippen molar-refractivity contribution in [2.75, 3.05) is 32.6 Å². The number of benzene rings is 1. The Bertz CT molecular complexity index is 785. The summed E-state index contributed by atoms with van der Waals surface area (Å²) in [5, 5.41) is 2.87. The molecular weight excluding hydrogens is 332 g/mol. The van der Waals surface area contributed by atoms with E-state index in [1.807, 2.05) is 6.20 Å². The van der Waals surface area contributed by atoms with Crippen molar-refractivity contribution in [3.05, 3.63) is 35.9 Å². The van der Waals surface area contributed by atoms with E-state index in [2.05, 4.69) is 33.6 Å². The zero-order valence-corrected chi connectivity index (χ0v) is 15.8. The molecule has 0 fully saturated rings. The highest BCUT2D eigenvalue weighted by molar-refractivity contribution is 6.03. The Morgan fingerprint density at radius 1 is 1.27 bits per heavy atom. The van der Waals surface area contributed by atoms with Gasteiger partial charge in [0.25, 0.3) is 5.91 Å². The van der Waals surface area contributed by atoms with Gasteiger partial charge in [-0.1, -0.05) is 13.8 Å². The molecule has 1 N–H and O–H groups in total. The molecular formula is C19H26N4O3. The van der Waals surface area contributed by atoms with Crippen LogP contribution in [-0.4, -0.2) is 47.7 Å². The fraction of sp³-hybridized carbons (Fsp3) is 0.474. The van der Waals surface area contributed by atoms with Gasteiger partial charge in [-0.25, -0.2) is 4.98 Å². The number of aromatic nitrogens is 2. The van der Waals surface area contributed by atoms with Crippen molar-refractivity contribution < 1.29 is 14.3 Å². The van der Waals surface area contributed by atoms with Crippen molar-refractivity contribution in [1.82, 2.24) is 14.5 Å². The van der Waals surface area contributed by atoms with Crippen LogP contribution >= 0.6 is 0 Å². The number of methoxy groups -OCH3 is 2. The van der Waals surface area contributed by atoms with Crippen molar-refractivity contribution in [1.29, 1.82) is 0 Å². The Kier molecular flexibility index (Phi) is 5.46. The largest absolute Gasteiger partial charge is 0.497 e. The summed E-state index contributed by atoms with van der Waals surface area (Å²) in [6.45, 7) is 8.07. The fourth-order valence-corrected chi connectivity index (χ4v) is 3.17. The highest BCUT2D eigenvalue weighted by Gasteiger charge is 2.22. The zero-order valence-electron chi connectivity index (χ0n) is 15.8. The van der Waals surface area contributed by atoms with Crippen molar-refractivity contribution >= 4 is 11.6 Å². The average molecular weight is 358 g/mol. The number of fused-ring (bicyclic) bond motifs is 1. The highest BCUT2D eigenvalue weighted by Crippen LogP contribution is 2.29. The van der Waals surface area contributed by atoms with E-state index < -0.39 is 0 Å². The third-order valence-electron chi connectivity index (χ3n) is 4.39. The first-order valence-corrected chi connectivity index (χ1v) is 8.82. The summed E-state index contributed by atoms with van der Waals surface area (Å²) in [5.41, 5.74) is 1.01. The Labute approximate surface area is 153 Å². The number of rotatable bonds is 6. The summed E-state index contributed by atoms with van der Waals surface area (Å²) in [5.74, 6) is 2.52. The second-order valence-corrected chi connectivity index (χ2v) is 6.89. The van der Waals surface area contributed by atoms with Gasteiger partial charge in [-0.15, -0.1) is 0 Å². The van der Waals surface area contributed by atoms with Crippen LogP contribution in [0, 0.1) is 5.92 Å². The number of nitrogens with one attached hydrogen (secondary N) is 1. The van der Waals surface area contributed by atoms with Gasteiger partial charge in [0.15, 0.2) is 0 Å². The summed E-state index contributed by atoms with van der Waals surface area (Å²) < 4.78 is 12.6. The first kappa shape index (κ1) is 18.3. The smallest absolute Gasteiger partial charge is 0.275 e. The van der Waals surface area contributed by atoms with Crippen molar-refractivity contribution in [2.45, 2.75) is 26.9 Å². The van der Waals surface area contributed by atoms with Gasteiger partial charge in [0.2, 0.25) is 0 Å². The van der Waals surface area contributed by atoms with Gasteiger partial charge in [0.05, 0.1) is 26.5 Å². The SMILES string of the molecule is COc1ccc(NC(=O)c2cn3c(n2)CN(CC(C)C)CC3)c(OC)c1. The maximum absolute atomic E-state index is 12.6. The molecule has 2 aromatic rings. The van der Waals surface area contributed by atoms with E-state index in [9.17, 15) is 4.79 Å². The van der Waals surface area contributed by atoms with Crippen LogP contribution in [0.3, 0.4) is 0 Å². The van der Waals surface area contributed by atoms with Crippen LogP contribution in [0.15, 0.2) is 24.4 Å². The second kappa shape index (κ2) is 7.78. The van der Waals surface area contributed by atoms with E-state index in [1.165, 1.54) is 0 Å². The van der Waals surface area contributed by atoms with E-state index in [0.29, 0.717) is 28.8 Å². The number of hydrogen-bond donors (Lipinski definition) is 1. The predicted octanol–water partition coefficient (Wildman–Crippen LogP) is 2.62. The second-order valence-electron chi connectivity index (χ2n) is 6.89. The van der Waals surface area contributed by atoms with Crippen LogP contribution in [0.25, 0.3) is 0 Å². The molecule has 3 rings (SSSR count). The molecule has 0 unspecified atom stereocenters. The van der Waals surface area contributed by atoms with Gasteiger partial charge in [-0.2, -0.15) is 0 Å². The number of ether oxygens (including phenoxy) is 2. The minimum absolute atomic E-state index is 0.245. The summed E-state index contributed by atoms with van der Waals surface area (Å²) in [4.78, 5) is 19.5. The van der Waals surface area contributed by atoms with Crippen molar-refractivity contribution in [3.8, 4) is 11.5 Å². The number of nitrogens with zero attached hydrogens (tertiary/aromatic N) is 3. The Morgan fingerprint density at radius 2 is 2.08 bits per heavy atom. The van der Waals surface area contributed by atoms with Crippen LogP contribution in [0.4, 0.5) is 5.69 Å². The molecule has 1 aliphatic rings. The molecule has 0 radical (unpaired) electrons. The van der Waals surface area contributed by atoms with Gasteiger partial charge in [-0.05, 0) is 18.1 Å². The molecule has 26 heavy (non-hydrogen) atoms. The third kappa shape index (κ3) is 3.99. The normalized spacial score (nSPS) is 14.2. The summed E-state index contributed by atoms with van der Waals surface area (Å²) in [6.07, 6.45) is 1.83.